The molecule has 7 atom stereocenters. The predicted octanol–water partition coefficient (Wildman–Crippen LogP) is 1.54. The van der Waals surface area contributed by atoms with E-state index in [2.05, 4.69) is 0 Å². The van der Waals surface area contributed by atoms with Gasteiger partial charge in [-0.25, -0.2) is 0 Å². The summed E-state index contributed by atoms with van der Waals surface area (Å²) in [5.41, 5.74) is -0.678. The fraction of sp³-hybridized carbons (Fsp3) is 0.789. The van der Waals surface area contributed by atoms with Gasteiger partial charge in [-0.3, -0.25) is 9.59 Å². The van der Waals surface area contributed by atoms with E-state index in [1.54, 1.807) is 0 Å². The van der Waals surface area contributed by atoms with Gasteiger partial charge in [-0.15, -0.1) is 0 Å². The molecule has 2 N–H and O–H groups in total. The molecule has 3 fully saturated rings. The number of aliphatic hydroxyl groups is 2. The molecule has 4 aliphatic rings. The molecule has 0 aromatic rings. The molecule has 0 bridgehead atoms. The lowest BCUT2D eigenvalue weighted by atomic mass is 9.45. The van der Waals surface area contributed by atoms with Crippen LogP contribution < -0.4 is 0 Å². The van der Waals surface area contributed by atoms with Crippen LogP contribution >= 0.6 is 0 Å². The molecule has 0 amide bonds. The van der Waals surface area contributed by atoms with Crippen molar-refractivity contribution in [2.45, 2.75) is 65.3 Å². The van der Waals surface area contributed by atoms with E-state index in [1.807, 2.05) is 27.7 Å². The summed E-state index contributed by atoms with van der Waals surface area (Å²) >= 11 is 0. The van der Waals surface area contributed by atoms with Gasteiger partial charge in [0.2, 0.25) is 0 Å². The SMILES string of the molecule is CC(C)C1=C2CC3OC(=O)C4(C)CC(O)C(O)C(C)(C2CC(=O)O1)C34. The number of hydrogen-bond acceptors (Lipinski definition) is 6. The molecule has 0 aromatic heterocycles. The Labute approximate surface area is 147 Å². The minimum Gasteiger partial charge on any atom is -0.461 e. The van der Waals surface area contributed by atoms with Crippen molar-refractivity contribution in [3.05, 3.63) is 11.3 Å². The number of esters is 2. The number of carbonyl (C=O) groups is 2. The highest BCUT2D eigenvalue weighted by molar-refractivity contribution is 5.81. The molecular weight excluding hydrogens is 324 g/mol. The minimum atomic E-state index is -1.02. The van der Waals surface area contributed by atoms with E-state index in [-0.39, 0.29) is 48.6 Å². The summed E-state index contributed by atoms with van der Waals surface area (Å²) in [4.78, 5) is 24.9. The first-order valence-electron chi connectivity index (χ1n) is 9.11. The Kier molecular flexibility index (Phi) is 3.46. The van der Waals surface area contributed by atoms with Crippen molar-refractivity contribution in [3.8, 4) is 0 Å². The van der Waals surface area contributed by atoms with Crippen LogP contribution in [0.3, 0.4) is 0 Å². The summed E-state index contributed by atoms with van der Waals surface area (Å²) in [7, 11) is 0. The zero-order chi connectivity index (χ0) is 18.3. The van der Waals surface area contributed by atoms with Crippen molar-refractivity contribution in [3.63, 3.8) is 0 Å². The minimum absolute atomic E-state index is 0.0241. The van der Waals surface area contributed by atoms with Gasteiger partial charge in [0.25, 0.3) is 0 Å². The number of ether oxygens (including phenoxy) is 2. The predicted molar refractivity (Wildman–Crippen MR) is 86.9 cm³/mol. The quantitative estimate of drug-likeness (QED) is 0.697. The Balaban J connectivity index is 1.93. The van der Waals surface area contributed by atoms with Gasteiger partial charge in [0.1, 0.15) is 11.9 Å². The third-order valence-electron chi connectivity index (χ3n) is 7.12. The molecule has 6 heteroatoms. The Morgan fingerprint density at radius 2 is 1.84 bits per heavy atom. The standard InChI is InChI=1S/C19H26O6/c1-8(2)14-9-5-12-15-18(3,17(23)24-12)7-11(20)16(22)19(15,4)10(9)6-13(21)25-14/h8,10-12,15-16,20,22H,5-7H2,1-4H3. The lowest BCUT2D eigenvalue weighted by molar-refractivity contribution is -0.195. The van der Waals surface area contributed by atoms with E-state index in [0.29, 0.717) is 12.2 Å². The third-order valence-corrected chi connectivity index (χ3v) is 7.12. The van der Waals surface area contributed by atoms with E-state index in [9.17, 15) is 19.8 Å². The van der Waals surface area contributed by atoms with Crippen LogP contribution in [-0.4, -0.2) is 40.5 Å². The number of aliphatic hydroxyl groups excluding tert-OH is 2. The molecule has 4 rings (SSSR count). The normalized spacial score (nSPS) is 48.8. The summed E-state index contributed by atoms with van der Waals surface area (Å²) < 4.78 is 11.2. The Morgan fingerprint density at radius 1 is 1.16 bits per heavy atom. The second-order valence-corrected chi connectivity index (χ2v) is 8.90. The van der Waals surface area contributed by atoms with Crippen LogP contribution in [0.5, 0.6) is 0 Å². The molecule has 25 heavy (non-hydrogen) atoms. The highest BCUT2D eigenvalue weighted by Gasteiger charge is 2.72. The van der Waals surface area contributed by atoms with Crippen molar-refractivity contribution >= 4 is 11.9 Å². The first kappa shape index (κ1) is 17.0. The van der Waals surface area contributed by atoms with Gasteiger partial charge in [0, 0.05) is 29.6 Å². The number of allylic oxidation sites excluding steroid dienone is 1. The fourth-order valence-electron chi connectivity index (χ4n) is 6.14. The average Bonchev–Trinajstić information content (AvgIpc) is 2.77. The Bertz CT molecular complexity index is 681. The first-order valence-corrected chi connectivity index (χ1v) is 9.11. The molecule has 0 radical (unpaired) electrons. The third kappa shape index (κ3) is 1.98. The van der Waals surface area contributed by atoms with Gasteiger partial charge in [0.15, 0.2) is 0 Å². The maximum Gasteiger partial charge on any atom is 0.312 e. The smallest absolute Gasteiger partial charge is 0.312 e. The largest absolute Gasteiger partial charge is 0.461 e. The van der Waals surface area contributed by atoms with E-state index >= 15 is 0 Å². The second kappa shape index (κ2) is 5.07. The summed E-state index contributed by atoms with van der Waals surface area (Å²) in [6.45, 7) is 7.65. The van der Waals surface area contributed by atoms with Crippen LogP contribution in [0.2, 0.25) is 0 Å². The van der Waals surface area contributed by atoms with Crippen LogP contribution in [0.1, 0.15) is 47.0 Å². The van der Waals surface area contributed by atoms with E-state index < -0.39 is 23.0 Å². The number of fused-ring (bicyclic) bond motifs is 2. The Morgan fingerprint density at radius 3 is 2.48 bits per heavy atom. The zero-order valence-corrected chi connectivity index (χ0v) is 15.1. The average molecular weight is 350 g/mol. The molecule has 138 valence electrons. The summed E-state index contributed by atoms with van der Waals surface area (Å²) in [6.07, 6.45) is -1.48. The first-order chi connectivity index (χ1) is 11.6. The summed E-state index contributed by atoms with van der Waals surface area (Å²) in [6, 6.07) is 0. The van der Waals surface area contributed by atoms with Crippen LogP contribution in [0.4, 0.5) is 0 Å². The zero-order valence-electron chi connectivity index (χ0n) is 15.1. The summed E-state index contributed by atoms with van der Waals surface area (Å²) in [5, 5.41) is 21.5. The summed E-state index contributed by atoms with van der Waals surface area (Å²) in [5.74, 6) is -0.424. The van der Waals surface area contributed by atoms with Gasteiger partial charge >= 0.3 is 11.9 Å². The number of carbonyl (C=O) groups excluding carboxylic acids is 2. The second-order valence-electron chi connectivity index (χ2n) is 8.90. The molecule has 7 unspecified atom stereocenters. The van der Waals surface area contributed by atoms with Gasteiger partial charge in [0.05, 0.1) is 24.0 Å². The lowest BCUT2D eigenvalue weighted by Crippen LogP contribution is -2.65. The molecule has 0 aromatic carbocycles. The van der Waals surface area contributed by atoms with E-state index in [0.717, 1.165) is 5.57 Å². The molecule has 2 saturated carbocycles. The van der Waals surface area contributed by atoms with Crippen LogP contribution in [0.15, 0.2) is 11.3 Å². The fourth-order valence-corrected chi connectivity index (χ4v) is 6.14. The van der Waals surface area contributed by atoms with Crippen molar-refractivity contribution in [2.24, 2.45) is 28.6 Å². The van der Waals surface area contributed by atoms with Crippen molar-refractivity contribution < 1.29 is 29.3 Å². The van der Waals surface area contributed by atoms with Gasteiger partial charge in [-0.05, 0) is 18.9 Å². The molecule has 2 aliphatic carbocycles. The molecular formula is C19H26O6. The van der Waals surface area contributed by atoms with Crippen molar-refractivity contribution in [1.29, 1.82) is 0 Å². The van der Waals surface area contributed by atoms with Crippen LogP contribution in [0.25, 0.3) is 0 Å². The van der Waals surface area contributed by atoms with Gasteiger partial charge in [-0.1, -0.05) is 20.8 Å². The maximum absolute atomic E-state index is 12.6. The van der Waals surface area contributed by atoms with Crippen LogP contribution in [-0.2, 0) is 19.1 Å². The number of cyclic esters (lactones) is 1. The van der Waals surface area contributed by atoms with Crippen molar-refractivity contribution in [1.82, 2.24) is 0 Å². The molecule has 6 nitrogen and oxygen atoms in total. The number of rotatable bonds is 1. The molecule has 2 heterocycles. The van der Waals surface area contributed by atoms with Crippen LogP contribution in [0, 0.1) is 28.6 Å². The van der Waals surface area contributed by atoms with E-state index in [4.69, 9.17) is 9.47 Å². The molecule has 1 saturated heterocycles. The molecule has 2 aliphatic heterocycles. The molecule has 0 spiro atoms. The monoisotopic (exact) mass is 350 g/mol. The Hall–Kier alpha value is -1.40. The highest BCUT2D eigenvalue weighted by Crippen LogP contribution is 2.66. The topological polar surface area (TPSA) is 93.1 Å². The van der Waals surface area contributed by atoms with Crippen molar-refractivity contribution in [2.75, 3.05) is 0 Å². The highest BCUT2D eigenvalue weighted by atomic mass is 16.6. The number of hydrogen-bond donors (Lipinski definition) is 2. The van der Waals surface area contributed by atoms with E-state index in [1.165, 1.54) is 0 Å². The maximum atomic E-state index is 12.6. The van der Waals surface area contributed by atoms with Gasteiger partial charge < -0.3 is 19.7 Å². The lowest BCUT2D eigenvalue weighted by Gasteiger charge is -2.59. The van der Waals surface area contributed by atoms with Gasteiger partial charge in [-0.2, -0.15) is 0 Å².